The van der Waals surface area contributed by atoms with Crippen molar-refractivity contribution in [2.24, 2.45) is 0 Å². The molecule has 2 rings (SSSR count). The van der Waals surface area contributed by atoms with Gasteiger partial charge in [0.1, 0.15) is 5.82 Å². The lowest BCUT2D eigenvalue weighted by atomic mass is 10.0. The van der Waals surface area contributed by atoms with Crippen LogP contribution in [-0.2, 0) is 0 Å². The Kier molecular flexibility index (Phi) is 4.97. The van der Waals surface area contributed by atoms with Crippen LogP contribution in [0, 0.1) is 12.7 Å². The van der Waals surface area contributed by atoms with E-state index in [0.717, 1.165) is 23.6 Å². The highest BCUT2D eigenvalue weighted by Gasteiger charge is 2.17. The molecule has 110 valence electrons. The topological polar surface area (TPSA) is 29.1 Å². The summed E-state index contributed by atoms with van der Waals surface area (Å²) < 4.78 is 13.8. The van der Waals surface area contributed by atoms with Gasteiger partial charge in [0.15, 0.2) is 0 Å². The molecule has 0 saturated heterocycles. The molecular formula is C17H17ClFNO. The van der Waals surface area contributed by atoms with Gasteiger partial charge in [-0.15, -0.1) is 0 Å². The predicted octanol–water partition coefficient (Wildman–Crippen LogP) is 4.67. The van der Waals surface area contributed by atoms with Crippen molar-refractivity contribution in [1.82, 2.24) is 5.32 Å². The molecule has 1 unspecified atom stereocenters. The van der Waals surface area contributed by atoms with Gasteiger partial charge in [-0.25, -0.2) is 4.39 Å². The van der Waals surface area contributed by atoms with Crippen LogP contribution in [0.1, 0.15) is 40.9 Å². The lowest BCUT2D eigenvalue weighted by Gasteiger charge is -2.18. The van der Waals surface area contributed by atoms with Crippen LogP contribution in [0.15, 0.2) is 42.5 Å². The summed E-state index contributed by atoms with van der Waals surface area (Å²) in [6.45, 7) is 3.98. The largest absolute Gasteiger partial charge is 0.345 e. The van der Waals surface area contributed by atoms with E-state index in [-0.39, 0.29) is 16.6 Å². The number of rotatable bonds is 4. The summed E-state index contributed by atoms with van der Waals surface area (Å²) in [7, 11) is 0. The molecule has 1 amide bonds. The van der Waals surface area contributed by atoms with Gasteiger partial charge >= 0.3 is 0 Å². The second-order valence-electron chi connectivity index (χ2n) is 4.97. The zero-order valence-electron chi connectivity index (χ0n) is 12.0. The van der Waals surface area contributed by atoms with E-state index >= 15 is 0 Å². The van der Waals surface area contributed by atoms with Crippen molar-refractivity contribution >= 4 is 17.5 Å². The van der Waals surface area contributed by atoms with Gasteiger partial charge in [-0.05, 0) is 37.1 Å². The van der Waals surface area contributed by atoms with Crippen LogP contribution in [0.3, 0.4) is 0 Å². The van der Waals surface area contributed by atoms with Gasteiger partial charge in [-0.3, -0.25) is 4.79 Å². The van der Waals surface area contributed by atoms with E-state index in [1.54, 1.807) is 0 Å². The normalized spacial score (nSPS) is 12.0. The highest BCUT2D eigenvalue weighted by molar-refractivity contribution is 6.30. The predicted molar refractivity (Wildman–Crippen MR) is 83.1 cm³/mol. The fourth-order valence-electron chi connectivity index (χ4n) is 2.13. The summed E-state index contributed by atoms with van der Waals surface area (Å²) in [6.07, 6.45) is 0.726. The van der Waals surface area contributed by atoms with Crippen molar-refractivity contribution < 1.29 is 9.18 Å². The summed E-state index contributed by atoms with van der Waals surface area (Å²) in [6, 6.07) is 11.8. The van der Waals surface area contributed by atoms with Crippen LogP contribution in [0.4, 0.5) is 4.39 Å². The molecule has 0 bridgehead atoms. The number of benzene rings is 2. The fraction of sp³-hybridized carbons (Fsp3) is 0.235. The van der Waals surface area contributed by atoms with Gasteiger partial charge in [-0.2, -0.15) is 0 Å². The maximum atomic E-state index is 13.8. The number of carbonyl (C=O) groups is 1. The Balaban J connectivity index is 2.18. The first kappa shape index (κ1) is 15.5. The first-order valence-electron chi connectivity index (χ1n) is 6.83. The van der Waals surface area contributed by atoms with E-state index < -0.39 is 11.7 Å². The monoisotopic (exact) mass is 305 g/mol. The van der Waals surface area contributed by atoms with E-state index in [4.69, 9.17) is 11.6 Å². The number of amides is 1. The number of carbonyl (C=O) groups excluding carboxylic acids is 1. The third-order valence-electron chi connectivity index (χ3n) is 3.37. The first-order chi connectivity index (χ1) is 10.0. The summed E-state index contributed by atoms with van der Waals surface area (Å²) in [5, 5.41) is 3.13. The lowest BCUT2D eigenvalue weighted by molar-refractivity contribution is 0.0931. The van der Waals surface area contributed by atoms with E-state index in [1.165, 1.54) is 12.1 Å². The molecule has 0 radical (unpaired) electrons. The molecule has 21 heavy (non-hydrogen) atoms. The number of nitrogens with one attached hydrogen (secondary N) is 1. The second-order valence-corrected chi connectivity index (χ2v) is 5.41. The van der Waals surface area contributed by atoms with Gasteiger partial charge in [0.25, 0.3) is 5.91 Å². The van der Waals surface area contributed by atoms with Gasteiger partial charge < -0.3 is 5.32 Å². The van der Waals surface area contributed by atoms with Crippen molar-refractivity contribution in [3.63, 3.8) is 0 Å². The van der Waals surface area contributed by atoms with Crippen molar-refractivity contribution in [3.8, 4) is 0 Å². The van der Waals surface area contributed by atoms with E-state index in [0.29, 0.717) is 0 Å². The Morgan fingerprint density at radius 1 is 1.24 bits per heavy atom. The average molecular weight is 306 g/mol. The summed E-state index contributed by atoms with van der Waals surface area (Å²) >= 11 is 5.69. The molecule has 2 nitrogen and oxygen atoms in total. The Morgan fingerprint density at radius 2 is 1.90 bits per heavy atom. The number of aryl methyl sites for hydroxylation is 1. The van der Waals surface area contributed by atoms with Crippen LogP contribution >= 0.6 is 11.6 Å². The van der Waals surface area contributed by atoms with Gasteiger partial charge in [0, 0.05) is 5.02 Å². The third-order valence-corrected chi connectivity index (χ3v) is 3.60. The molecule has 0 aliphatic rings. The summed E-state index contributed by atoms with van der Waals surface area (Å²) in [5.74, 6) is -1.05. The van der Waals surface area contributed by atoms with Gasteiger partial charge in [-0.1, -0.05) is 48.4 Å². The van der Waals surface area contributed by atoms with Crippen LogP contribution < -0.4 is 5.32 Å². The standard InChI is InChI=1S/C17H17ClFNO/c1-3-16(12-6-4-11(2)5-7-12)20-17(21)14-9-8-13(18)10-15(14)19/h4-10,16H,3H2,1-2H3,(H,20,21). The first-order valence-corrected chi connectivity index (χ1v) is 7.21. The molecule has 2 aromatic carbocycles. The van der Waals surface area contributed by atoms with E-state index in [2.05, 4.69) is 5.32 Å². The van der Waals surface area contributed by atoms with E-state index in [9.17, 15) is 9.18 Å². The molecule has 0 fully saturated rings. The highest BCUT2D eigenvalue weighted by Crippen LogP contribution is 2.19. The van der Waals surface area contributed by atoms with Crippen molar-refractivity contribution in [3.05, 3.63) is 70.0 Å². The zero-order valence-corrected chi connectivity index (χ0v) is 12.7. The van der Waals surface area contributed by atoms with E-state index in [1.807, 2.05) is 38.1 Å². The third kappa shape index (κ3) is 3.82. The number of halogens is 2. The second kappa shape index (κ2) is 6.72. The molecule has 0 aliphatic heterocycles. The van der Waals surface area contributed by atoms with Gasteiger partial charge in [0.05, 0.1) is 11.6 Å². The van der Waals surface area contributed by atoms with Crippen molar-refractivity contribution in [1.29, 1.82) is 0 Å². The van der Waals surface area contributed by atoms with Crippen molar-refractivity contribution in [2.75, 3.05) is 0 Å². The molecule has 2 aromatic rings. The molecule has 0 heterocycles. The summed E-state index contributed by atoms with van der Waals surface area (Å²) in [4.78, 5) is 12.2. The molecule has 1 N–H and O–H groups in total. The lowest BCUT2D eigenvalue weighted by Crippen LogP contribution is -2.28. The molecule has 4 heteroatoms. The molecule has 0 saturated carbocycles. The van der Waals surface area contributed by atoms with Gasteiger partial charge in [0.2, 0.25) is 0 Å². The maximum absolute atomic E-state index is 13.8. The minimum absolute atomic E-state index is 0.00459. The Bertz CT molecular complexity index is 640. The number of hydrogen-bond acceptors (Lipinski definition) is 1. The van der Waals surface area contributed by atoms with Crippen LogP contribution in [0.25, 0.3) is 0 Å². The fourth-order valence-corrected chi connectivity index (χ4v) is 2.29. The maximum Gasteiger partial charge on any atom is 0.254 e. The zero-order chi connectivity index (χ0) is 15.4. The molecule has 0 aromatic heterocycles. The molecular weight excluding hydrogens is 289 g/mol. The Hall–Kier alpha value is -1.87. The highest BCUT2D eigenvalue weighted by atomic mass is 35.5. The average Bonchev–Trinajstić information content (AvgIpc) is 2.45. The SMILES string of the molecule is CCC(NC(=O)c1ccc(Cl)cc1F)c1ccc(C)cc1. The Morgan fingerprint density at radius 3 is 2.48 bits per heavy atom. The smallest absolute Gasteiger partial charge is 0.254 e. The van der Waals surface area contributed by atoms with Crippen LogP contribution in [-0.4, -0.2) is 5.91 Å². The summed E-state index contributed by atoms with van der Waals surface area (Å²) in [5.41, 5.74) is 2.17. The quantitative estimate of drug-likeness (QED) is 0.874. The Labute approximate surface area is 128 Å². The van der Waals surface area contributed by atoms with Crippen molar-refractivity contribution in [2.45, 2.75) is 26.3 Å². The minimum Gasteiger partial charge on any atom is -0.345 e. The minimum atomic E-state index is -0.612. The molecule has 0 aliphatic carbocycles. The van der Waals surface area contributed by atoms with Crippen LogP contribution in [0.2, 0.25) is 5.02 Å². The van der Waals surface area contributed by atoms with Crippen LogP contribution in [0.5, 0.6) is 0 Å². The molecule has 0 spiro atoms. The number of hydrogen-bond donors (Lipinski definition) is 1. The molecule has 1 atom stereocenters.